The number of nitrogens with one attached hydrogen (secondary N) is 1. The molecule has 6 heteroatoms. The van der Waals surface area contributed by atoms with Crippen LogP contribution >= 0.6 is 0 Å². The number of benzene rings is 1. The second-order valence-electron chi connectivity index (χ2n) is 5.42. The number of carbonyl (C=O) groups is 1. The molecule has 1 saturated heterocycles. The molecule has 0 radical (unpaired) electrons. The predicted octanol–water partition coefficient (Wildman–Crippen LogP) is 1.13. The van der Waals surface area contributed by atoms with Crippen molar-refractivity contribution in [1.82, 2.24) is 10.2 Å². The fraction of sp³-hybridized carbons (Fsp3) is 0.533. The van der Waals surface area contributed by atoms with Crippen molar-refractivity contribution >= 4 is 5.91 Å². The van der Waals surface area contributed by atoms with E-state index in [2.05, 4.69) is 5.32 Å². The molecule has 2 aliphatic heterocycles. The van der Waals surface area contributed by atoms with E-state index in [9.17, 15) is 4.79 Å². The van der Waals surface area contributed by atoms with Gasteiger partial charge in [0.15, 0.2) is 11.5 Å². The Balaban J connectivity index is 1.64. The number of likely N-dealkylation sites (tertiary alicyclic amines) is 1. The molecular weight excluding hydrogens is 272 g/mol. The predicted molar refractivity (Wildman–Crippen MR) is 76.6 cm³/mol. The highest BCUT2D eigenvalue weighted by atomic mass is 16.7. The Morgan fingerprint density at radius 3 is 3.05 bits per heavy atom. The van der Waals surface area contributed by atoms with Gasteiger partial charge in [-0.25, -0.2) is 0 Å². The lowest BCUT2D eigenvalue weighted by atomic mass is 10.1. The Morgan fingerprint density at radius 1 is 1.43 bits per heavy atom. The smallest absolute Gasteiger partial charge is 0.231 e. The number of hydrogen-bond acceptors (Lipinski definition) is 5. The molecule has 3 rings (SSSR count). The van der Waals surface area contributed by atoms with Gasteiger partial charge >= 0.3 is 0 Å². The SMILES string of the molecule is COc1cc(CNC2CCC(=O)N(C)C2)cc2c1OCO2. The highest BCUT2D eigenvalue weighted by Crippen LogP contribution is 2.41. The maximum absolute atomic E-state index is 11.5. The summed E-state index contributed by atoms with van der Waals surface area (Å²) in [5, 5.41) is 3.49. The van der Waals surface area contributed by atoms with Crippen LogP contribution in [0.1, 0.15) is 18.4 Å². The Bertz CT molecular complexity index is 547. The third-order valence-corrected chi connectivity index (χ3v) is 3.94. The van der Waals surface area contributed by atoms with Crippen LogP contribution in [0.3, 0.4) is 0 Å². The quantitative estimate of drug-likeness (QED) is 0.901. The molecule has 6 nitrogen and oxygen atoms in total. The minimum Gasteiger partial charge on any atom is -0.493 e. The molecule has 0 spiro atoms. The van der Waals surface area contributed by atoms with Crippen LogP contribution in [-0.4, -0.2) is 44.3 Å². The molecule has 21 heavy (non-hydrogen) atoms. The Morgan fingerprint density at radius 2 is 2.29 bits per heavy atom. The van der Waals surface area contributed by atoms with Crippen molar-refractivity contribution in [1.29, 1.82) is 0 Å². The second-order valence-corrected chi connectivity index (χ2v) is 5.42. The van der Waals surface area contributed by atoms with Crippen LogP contribution in [0.2, 0.25) is 0 Å². The summed E-state index contributed by atoms with van der Waals surface area (Å²) in [5.41, 5.74) is 1.08. The van der Waals surface area contributed by atoms with E-state index >= 15 is 0 Å². The van der Waals surface area contributed by atoms with Crippen LogP contribution in [0, 0.1) is 0 Å². The summed E-state index contributed by atoms with van der Waals surface area (Å²) in [6, 6.07) is 4.25. The molecule has 1 N–H and O–H groups in total. The number of fused-ring (bicyclic) bond motifs is 1. The summed E-state index contributed by atoms with van der Waals surface area (Å²) in [6.07, 6.45) is 1.49. The lowest BCUT2D eigenvalue weighted by molar-refractivity contribution is -0.132. The summed E-state index contributed by atoms with van der Waals surface area (Å²) in [5.74, 6) is 2.31. The topological polar surface area (TPSA) is 60.0 Å². The monoisotopic (exact) mass is 292 g/mol. The average molecular weight is 292 g/mol. The first-order valence-corrected chi connectivity index (χ1v) is 7.11. The van der Waals surface area contributed by atoms with E-state index < -0.39 is 0 Å². The van der Waals surface area contributed by atoms with Crippen LogP contribution in [0.25, 0.3) is 0 Å². The van der Waals surface area contributed by atoms with Crippen molar-refractivity contribution in [2.24, 2.45) is 0 Å². The number of piperidine rings is 1. The van der Waals surface area contributed by atoms with Crippen molar-refractivity contribution < 1.29 is 19.0 Å². The second kappa shape index (κ2) is 5.81. The summed E-state index contributed by atoms with van der Waals surface area (Å²) < 4.78 is 16.1. The van der Waals surface area contributed by atoms with Gasteiger partial charge in [0.05, 0.1) is 7.11 Å². The molecular formula is C15H20N2O4. The summed E-state index contributed by atoms with van der Waals surface area (Å²) >= 11 is 0. The number of nitrogens with zero attached hydrogens (tertiary/aromatic N) is 1. The lowest BCUT2D eigenvalue weighted by Crippen LogP contribution is -2.46. The van der Waals surface area contributed by atoms with E-state index in [4.69, 9.17) is 14.2 Å². The summed E-state index contributed by atoms with van der Waals surface area (Å²) in [6.45, 7) is 1.69. The van der Waals surface area contributed by atoms with Crippen molar-refractivity contribution in [3.05, 3.63) is 17.7 Å². The molecule has 1 fully saturated rings. The molecule has 2 heterocycles. The van der Waals surface area contributed by atoms with Gasteiger partial charge in [0.25, 0.3) is 0 Å². The Kier molecular flexibility index (Phi) is 3.88. The van der Waals surface area contributed by atoms with E-state index in [1.54, 1.807) is 12.0 Å². The Hall–Kier alpha value is -1.95. The molecule has 0 saturated carbocycles. The lowest BCUT2D eigenvalue weighted by Gasteiger charge is -2.30. The van der Waals surface area contributed by atoms with Gasteiger partial charge in [0.1, 0.15) is 0 Å². The molecule has 1 aromatic carbocycles. The fourth-order valence-electron chi connectivity index (χ4n) is 2.73. The van der Waals surface area contributed by atoms with Gasteiger partial charge in [-0.05, 0) is 24.1 Å². The number of rotatable bonds is 4. The first-order valence-electron chi connectivity index (χ1n) is 7.11. The number of methoxy groups -OCH3 is 1. The van der Waals surface area contributed by atoms with Gasteiger partial charge in [-0.1, -0.05) is 0 Å². The zero-order valence-electron chi connectivity index (χ0n) is 12.3. The van der Waals surface area contributed by atoms with Crippen LogP contribution in [0.4, 0.5) is 0 Å². The van der Waals surface area contributed by atoms with Crippen molar-refractivity contribution in [3.63, 3.8) is 0 Å². The van der Waals surface area contributed by atoms with Gasteiger partial charge in [-0.15, -0.1) is 0 Å². The van der Waals surface area contributed by atoms with Gasteiger partial charge in [0.2, 0.25) is 18.4 Å². The van der Waals surface area contributed by atoms with E-state index in [1.807, 2.05) is 19.2 Å². The Labute approximate surface area is 124 Å². The number of ether oxygens (including phenoxy) is 3. The maximum Gasteiger partial charge on any atom is 0.231 e. The van der Waals surface area contributed by atoms with Crippen molar-refractivity contribution in [2.75, 3.05) is 27.5 Å². The molecule has 1 atom stereocenters. The number of amides is 1. The van der Waals surface area contributed by atoms with Gasteiger partial charge in [-0.3, -0.25) is 4.79 Å². The number of carbonyl (C=O) groups excluding carboxylic acids is 1. The zero-order valence-corrected chi connectivity index (χ0v) is 12.3. The van der Waals surface area contributed by atoms with Crippen LogP contribution in [0.15, 0.2) is 12.1 Å². The largest absolute Gasteiger partial charge is 0.493 e. The minimum atomic E-state index is 0.220. The molecule has 1 aromatic rings. The van der Waals surface area contributed by atoms with Crippen LogP contribution in [-0.2, 0) is 11.3 Å². The molecule has 0 bridgehead atoms. The van der Waals surface area contributed by atoms with Crippen molar-refractivity contribution in [2.45, 2.75) is 25.4 Å². The van der Waals surface area contributed by atoms with Gasteiger partial charge in [0, 0.05) is 32.6 Å². The molecule has 114 valence electrons. The van der Waals surface area contributed by atoms with E-state index in [-0.39, 0.29) is 12.7 Å². The highest BCUT2D eigenvalue weighted by molar-refractivity contribution is 5.76. The summed E-state index contributed by atoms with van der Waals surface area (Å²) in [7, 11) is 3.47. The third-order valence-electron chi connectivity index (χ3n) is 3.94. The standard InChI is InChI=1S/C15H20N2O4/c1-17-8-11(3-4-14(17)18)16-7-10-5-12(19-2)15-13(6-10)20-9-21-15/h5-6,11,16H,3-4,7-9H2,1-2H3. The van der Waals surface area contributed by atoms with Gasteiger partial charge in [-0.2, -0.15) is 0 Å². The fourth-order valence-corrected chi connectivity index (χ4v) is 2.73. The van der Waals surface area contributed by atoms with E-state index in [1.165, 1.54) is 0 Å². The van der Waals surface area contributed by atoms with Gasteiger partial charge < -0.3 is 24.4 Å². The first-order chi connectivity index (χ1) is 10.2. The van der Waals surface area contributed by atoms with E-state index in [0.29, 0.717) is 30.5 Å². The number of hydrogen-bond donors (Lipinski definition) is 1. The normalized spacial score (nSPS) is 20.8. The van der Waals surface area contributed by atoms with Crippen LogP contribution in [0.5, 0.6) is 17.2 Å². The van der Waals surface area contributed by atoms with E-state index in [0.717, 1.165) is 24.3 Å². The average Bonchev–Trinajstić information content (AvgIpc) is 2.96. The molecule has 1 unspecified atom stereocenters. The summed E-state index contributed by atoms with van der Waals surface area (Å²) in [4.78, 5) is 13.3. The maximum atomic E-state index is 11.5. The first kappa shape index (κ1) is 14.0. The van der Waals surface area contributed by atoms with Crippen LogP contribution < -0.4 is 19.5 Å². The molecule has 2 aliphatic rings. The molecule has 0 aliphatic carbocycles. The minimum absolute atomic E-state index is 0.220. The molecule has 0 aromatic heterocycles. The third kappa shape index (κ3) is 2.90. The number of likely N-dealkylation sites (N-methyl/N-ethyl adjacent to an activating group) is 1. The highest BCUT2D eigenvalue weighted by Gasteiger charge is 2.23. The zero-order chi connectivity index (χ0) is 14.8. The molecule has 1 amide bonds. The van der Waals surface area contributed by atoms with Crippen molar-refractivity contribution in [3.8, 4) is 17.2 Å².